The molecule has 0 spiro atoms. The van der Waals surface area contributed by atoms with E-state index < -0.39 is 26.0 Å². The topological polar surface area (TPSA) is 196 Å². The number of carbonyl (C=O) groups is 4. The SMILES string of the molecule is CS(=O)(=O)N1CCN(C(=O)CCC(=O)/C=C/c2cccc(Cl)c2)CC1.CS(=O)(=O)N1CCN(C(=O)CN)CC1.O=C(O)/C=C/c1cccc(Cl)c1. The van der Waals surface area contributed by atoms with Gasteiger partial charge in [0.2, 0.25) is 31.9 Å². The largest absolute Gasteiger partial charge is 0.478 e. The van der Waals surface area contributed by atoms with Gasteiger partial charge in [0.25, 0.3) is 0 Å². The summed E-state index contributed by atoms with van der Waals surface area (Å²) < 4.78 is 47.9. The van der Waals surface area contributed by atoms with Gasteiger partial charge >= 0.3 is 5.97 Å². The van der Waals surface area contributed by atoms with E-state index in [0.717, 1.165) is 23.5 Å². The van der Waals surface area contributed by atoms with Gasteiger partial charge < -0.3 is 20.6 Å². The van der Waals surface area contributed by atoms with Gasteiger partial charge in [0.1, 0.15) is 0 Å². The van der Waals surface area contributed by atoms with Crippen LogP contribution in [0.2, 0.25) is 10.0 Å². The van der Waals surface area contributed by atoms with Crippen molar-refractivity contribution in [2.75, 3.05) is 71.4 Å². The maximum Gasteiger partial charge on any atom is 0.328 e. The van der Waals surface area contributed by atoms with Crippen LogP contribution >= 0.6 is 23.2 Å². The minimum Gasteiger partial charge on any atom is -0.478 e. The maximum atomic E-state index is 12.1. The van der Waals surface area contributed by atoms with Crippen LogP contribution in [-0.2, 0) is 39.2 Å². The Labute approximate surface area is 309 Å². The Morgan fingerprint density at radius 1 is 0.686 bits per heavy atom. The van der Waals surface area contributed by atoms with Crippen molar-refractivity contribution in [3.05, 3.63) is 81.9 Å². The molecule has 2 aromatic carbocycles. The average Bonchev–Trinajstić information content (AvgIpc) is 3.08. The van der Waals surface area contributed by atoms with Gasteiger partial charge in [0, 0.05) is 81.3 Å². The third-order valence-electron chi connectivity index (χ3n) is 7.46. The lowest BCUT2D eigenvalue weighted by Gasteiger charge is -2.33. The number of carboxylic acid groups (broad SMARTS) is 1. The molecule has 0 radical (unpaired) electrons. The van der Waals surface area contributed by atoms with Gasteiger partial charge in [-0.25, -0.2) is 21.6 Å². The number of carbonyl (C=O) groups excluding carboxylic acids is 3. The van der Waals surface area contributed by atoms with Crippen molar-refractivity contribution in [2.45, 2.75) is 12.8 Å². The molecule has 0 bridgehead atoms. The summed E-state index contributed by atoms with van der Waals surface area (Å²) in [6, 6.07) is 14.1. The van der Waals surface area contributed by atoms with Gasteiger partial charge in [-0.3, -0.25) is 14.4 Å². The van der Waals surface area contributed by atoms with Crippen LogP contribution < -0.4 is 5.73 Å². The molecule has 280 valence electrons. The van der Waals surface area contributed by atoms with E-state index in [9.17, 15) is 36.0 Å². The maximum absolute atomic E-state index is 12.1. The molecular weight excluding hydrogens is 745 g/mol. The van der Waals surface area contributed by atoms with Gasteiger partial charge in [-0.15, -0.1) is 0 Å². The molecule has 2 aliphatic heterocycles. The van der Waals surface area contributed by atoms with Crippen LogP contribution in [0.3, 0.4) is 0 Å². The van der Waals surface area contributed by atoms with Crippen molar-refractivity contribution in [1.29, 1.82) is 0 Å². The van der Waals surface area contributed by atoms with Crippen molar-refractivity contribution >= 4 is 79.0 Å². The highest BCUT2D eigenvalue weighted by Crippen LogP contribution is 2.14. The predicted molar refractivity (Wildman–Crippen MR) is 198 cm³/mol. The Morgan fingerprint density at radius 3 is 1.47 bits per heavy atom. The molecule has 3 N–H and O–H groups in total. The van der Waals surface area contributed by atoms with Crippen LogP contribution in [0.25, 0.3) is 12.2 Å². The number of allylic oxidation sites excluding steroid dienone is 1. The van der Waals surface area contributed by atoms with Crippen LogP contribution in [0.5, 0.6) is 0 Å². The Balaban J connectivity index is 0.000000292. The Bertz CT molecular complexity index is 1790. The van der Waals surface area contributed by atoms with Crippen molar-refractivity contribution in [3.63, 3.8) is 0 Å². The summed E-state index contributed by atoms with van der Waals surface area (Å²) in [4.78, 5) is 48.5. The summed E-state index contributed by atoms with van der Waals surface area (Å²) in [5.74, 6) is -1.35. The second-order valence-corrected chi connectivity index (χ2v) is 16.2. The lowest BCUT2D eigenvalue weighted by Crippen LogP contribution is -2.51. The molecule has 0 saturated carbocycles. The molecule has 0 unspecified atom stereocenters. The van der Waals surface area contributed by atoms with Gasteiger partial charge in [0.15, 0.2) is 5.78 Å². The van der Waals surface area contributed by atoms with E-state index in [1.807, 2.05) is 6.07 Å². The molecule has 0 atom stereocenters. The fraction of sp³-hybridized carbons (Fsp3) is 0.394. The van der Waals surface area contributed by atoms with E-state index in [1.54, 1.807) is 58.3 Å². The number of carboxylic acids is 1. The fourth-order valence-corrected chi connectivity index (χ4v) is 6.77. The summed E-state index contributed by atoms with van der Waals surface area (Å²) in [6.45, 7) is 2.90. The highest BCUT2D eigenvalue weighted by Gasteiger charge is 2.26. The van der Waals surface area contributed by atoms with Crippen molar-refractivity contribution in [1.82, 2.24) is 18.4 Å². The minimum absolute atomic E-state index is 0.0150. The average molecular weight is 789 g/mol. The van der Waals surface area contributed by atoms with Gasteiger partial charge in [-0.05, 0) is 47.5 Å². The first-order valence-corrected chi connectivity index (χ1v) is 20.1. The van der Waals surface area contributed by atoms with Crippen LogP contribution in [-0.4, -0.2) is 135 Å². The number of amides is 2. The molecule has 2 heterocycles. The second-order valence-electron chi connectivity index (χ2n) is 11.4. The summed E-state index contributed by atoms with van der Waals surface area (Å²) in [6.07, 6.45) is 8.27. The predicted octanol–water partition coefficient (Wildman–Crippen LogP) is 2.29. The quantitative estimate of drug-likeness (QED) is 0.338. The summed E-state index contributed by atoms with van der Waals surface area (Å²) >= 11 is 11.6. The fourth-order valence-electron chi connectivity index (χ4n) is 4.72. The van der Waals surface area contributed by atoms with Gasteiger partial charge in [-0.2, -0.15) is 8.61 Å². The number of rotatable bonds is 10. The normalized spacial score (nSPS) is 15.9. The number of hydrogen-bond acceptors (Lipinski definition) is 9. The molecule has 4 rings (SSSR count). The van der Waals surface area contributed by atoms with Crippen LogP contribution in [0.15, 0.2) is 60.7 Å². The number of benzene rings is 2. The van der Waals surface area contributed by atoms with Crippen LogP contribution in [0.1, 0.15) is 24.0 Å². The molecule has 0 aliphatic carbocycles. The number of nitrogens with two attached hydrogens (primary N) is 1. The Hall–Kier alpha value is -3.64. The van der Waals surface area contributed by atoms with E-state index in [-0.39, 0.29) is 37.0 Å². The third-order valence-corrected chi connectivity index (χ3v) is 10.5. The van der Waals surface area contributed by atoms with E-state index in [4.69, 9.17) is 34.0 Å². The molecule has 2 fully saturated rings. The van der Waals surface area contributed by atoms with Gasteiger partial charge in [0.05, 0.1) is 19.1 Å². The molecule has 2 amide bonds. The van der Waals surface area contributed by atoms with Gasteiger partial charge in [-0.1, -0.05) is 53.5 Å². The third kappa shape index (κ3) is 17.0. The first-order chi connectivity index (χ1) is 23.9. The van der Waals surface area contributed by atoms with Crippen molar-refractivity contribution in [3.8, 4) is 0 Å². The van der Waals surface area contributed by atoms with Crippen LogP contribution in [0.4, 0.5) is 0 Å². The monoisotopic (exact) mass is 787 g/mol. The number of sulfonamides is 2. The zero-order chi connectivity index (χ0) is 38.2. The zero-order valence-electron chi connectivity index (χ0n) is 28.4. The number of piperazine rings is 2. The molecule has 18 heteroatoms. The Morgan fingerprint density at radius 2 is 1.10 bits per heavy atom. The first kappa shape index (κ1) is 43.5. The summed E-state index contributed by atoms with van der Waals surface area (Å²) in [7, 11) is -6.33. The summed E-state index contributed by atoms with van der Waals surface area (Å²) in [5.41, 5.74) is 6.81. The molecule has 51 heavy (non-hydrogen) atoms. The molecule has 2 saturated heterocycles. The highest BCUT2D eigenvalue weighted by molar-refractivity contribution is 7.88. The molecule has 2 aromatic rings. The van der Waals surface area contributed by atoms with Crippen molar-refractivity contribution in [2.24, 2.45) is 5.73 Å². The van der Waals surface area contributed by atoms with E-state index in [0.29, 0.717) is 62.4 Å². The molecular formula is C33H43Cl2N5O9S2. The Kier molecular flexibility index (Phi) is 17.9. The molecule has 0 aromatic heterocycles. The summed E-state index contributed by atoms with van der Waals surface area (Å²) in [5, 5.41) is 9.52. The number of hydrogen-bond donors (Lipinski definition) is 2. The second kappa shape index (κ2) is 21.0. The van der Waals surface area contributed by atoms with Crippen molar-refractivity contribution < 1.29 is 41.1 Å². The van der Waals surface area contributed by atoms with E-state index in [1.165, 1.54) is 27.0 Å². The lowest BCUT2D eigenvalue weighted by atomic mass is 10.1. The zero-order valence-corrected chi connectivity index (χ0v) is 31.5. The first-order valence-electron chi connectivity index (χ1n) is 15.7. The highest BCUT2D eigenvalue weighted by atomic mass is 35.5. The lowest BCUT2D eigenvalue weighted by molar-refractivity contribution is -0.133. The van der Waals surface area contributed by atoms with Crippen LogP contribution in [0, 0.1) is 0 Å². The molecule has 2 aliphatic rings. The van der Waals surface area contributed by atoms with E-state index in [2.05, 4.69) is 0 Å². The number of nitrogens with zero attached hydrogens (tertiary/aromatic N) is 4. The van der Waals surface area contributed by atoms with E-state index >= 15 is 0 Å². The number of aliphatic carboxylic acids is 1. The minimum atomic E-state index is -3.21. The molecule has 14 nitrogen and oxygen atoms in total. The smallest absolute Gasteiger partial charge is 0.328 e. The number of ketones is 1. The number of halogens is 2. The standard InChI is InChI=1S/C17H21ClN2O4S.C9H7ClO2.C7H15N3O3S/c1-25(23,24)20-11-9-19(10-12-20)17(22)8-7-16(21)6-5-14-3-2-4-15(18)13-14;10-8-3-1-2-7(6-8)4-5-9(11)12;1-14(12,13)10-4-2-9(3-5-10)7(11)6-8/h2-6,13H,7-12H2,1H3;1-6H,(H,11,12);2-6,8H2,1H3/b6-5+;5-4+;.